The van der Waals surface area contributed by atoms with Gasteiger partial charge in [-0.05, 0) is 18.8 Å². The van der Waals surface area contributed by atoms with Crippen LogP contribution in [0.5, 0.6) is 0 Å². The maximum Gasteiger partial charge on any atom is 1.00 e. The molecule has 3 N–H and O–H groups in total. The molecule has 0 bridgehead atoms. The van der Waals surface area contributed by atoms with Crippen LogP contribution in [-0.4, -0.2) is 31.2 Å². The predicted molar refractivity (Wildman–Crippen MR) is 70.8 cm³/mol. The molecule has 8 nitrogen and oxygen atoms in total. The van der Waals surface area contributed by atoms with E-state index in [2.05, 4.69) is 10.3 Å². The number of hydrogen-bond donors (Lipinski definition) is 3. The largest absolute Gasteiger partial charge is 1.00 e. The number of hydrogen-bond acceptors (Lipinski definition) is 4. The minimum atomic E-state index is -2.61. The number of aliphatic imine (C=N–C) groups is 1. The molecule has 1 aliphatic heterocycles. The van der Waals surface area contributed by atoms with E-state index in [1.165, 1.54) is 0 Å². The molecule has 0 aliphatic carbocycles. The first-order valence-corrected chi connectivity index (χ1v) is 7.20. The Morgan fingerprint density at radius 2 is 1.86 bits per heavy atom. The molecule has 21 heavy (non-hydrogen) atoms. The van der Waals surface area contributed by atoms with Gasteiger partial charge in [-0.15, -0.1) is 0 Å². The number of carbonyl (C=O) groups is 2. The molecule has 2 amide bonds. The third-order valence-corrected chi connectivity index (χ3v) is 3.33. The quantitative estimate of drug-likeness (QED) is 0.283. The summed E-state index contributed by atoms with van der Waals surface area (Å²) in [6.07, 6.45) is 2.02. The van der Waals surface area contributed by atoms with Crippen molar-refractivity contribution in [3.05, 3.63) is 0 Å². The summed E-state index contributed by atoms with van der Waals surface area (Å²) in [5.41, 5.74) is -1.15. The number of nitrogens with zero attached hydrogens (tertiary/aromatic N) is 1. The van der Waals surface area contributed by atoms with Crippen LogP contribution >= 0.6 is 0 Å². The zero-order chi connectivity index (χ0) is 15.9. The van der Waals surface area contributed by atoms with Gasteiger partial charge in [0, 0.05) is 0 Å². The Kier molecular flexibility index (Phi) is 11.4. The Balaban J connectivity index is 0. The van der Waals surface area contributed by atoms with Crippen LogP contribution in [0.3, 0.4) is 0 Å². The van der Waals surface area contributed by atoms with Gasteiger partial charge in [0.25, 0.3) is 17.3 Å². The number of amidine groups is 1. The number of amides is 2. The Labute approximate surface area is 148 Å². The molecule has 0 aromatic heterocycles. The van der Waals surface area contributed by atoms with Crippen molar-refractivity contribution < 1.29 is 57.6 Å². The zero-order valence-electron chi connectivity index (χ0n) is 12.6. The summed E-state index contributed by atoms with van der Waals surface area (Å²) < 4.78 is 22.8. The van der Waals surface area contributed by atoms with Crippen molar-refractivity contribution >= 4 is 29.2 Å². The SMILES string of the molecule is CCCC(C)C1(CC)C(=O)N=C([O-])NC1=O.O=S(O)O.[Na+]. The maximum absolute atomic E-state index is 11.9. The predicted octanol–water partition coefficient (Wildman–Crippen LogP) is -3.12. The average Bonchev–Trinajstić information content (AvgIpc) is 2.28. The van der Waals surface area contributed by atoms with E-state index >= 15 is 0 Å². The van der Waals surface area contributed by atoms with Gasteiger partial charge < -0.3 is 10.4 Å². The molecular formula is C11H19N2NaO6S. The molecule has 0 spiro atoms. The third-order valence-electron chi connectivity index (χ3n) is 3.33. The van der Waals surface area contributed by atoms with E-state index in [0.717, 1.165) is 12.8 Å². The van der Waals surface area contributed by atoms with Crippen LogP contribution in [0.1, 0.15) is 40.0 Å². The van der Waals surface area contributed by atoms with E-state index in [9.17, 15) is 14.7 Å². The Morgan fingerprint density at radius 1 is 1.38 bits per heavy atom. The molecule has 116 valence electrons. The van der Waals surface area contributed by atoms with E-state index in [-0.39, 0.29) is 35.5 Å². The first kappa shape index (κ1) is 23.0. The van der Waals surface area contributed by atoms with Gasteiger partial charge in [0.05, 0.1) is 6.02 Å². The number of carbonyl (C=O) groups excluding carboxylic acids is 2. The summed E-state index contributed by atoms with van der Waals surface area (Å²) in [4.78, 5) is 27.1. The fraction of sp³-hybridized carbons (Fsp3) is 0.727. The minimum absolute atomic E-state index is 0. The van der Waals surface area contributed by atoms with Gasteiger partial charge in [-0.25, -0.2) is 4.99 Å². The molecule has 1 heterocycles. The minimum Gasteiger partial charge on any atom is -0.846 e. The molecule has 10 heteroatoms. The van der Waals surface area contributed by atoms with E-state index in [1.807, 2.05) is 13.8 Å². The monoisotopic (exact) mass is 330 g/mol. The van der Waals surface area contributed by atoms with Crippen molar-refractivity contribution in [3.8, 4) is 0 Å². The van der Waals surface area contributed by atoms with Gasteiger partial charge in [-0.3, -0.25) is 18.7 Å². The van der Waals surface area contributed by atoms with Crippen LogP contribution in [-0.2, 0) is 21.0 Å². The van der Waals surface area contributed by atoms with Crippen LogP contribution in [0, 0.1) is 11.3 Å². The van der Waals surface area contributed by atoms with Crippen molar-refractivity contribution in [2.45, 2.75) is 40.0 Å². The van der Waals surface area contributed by atoms with Gasteiger partial charge in [0.1, 0.15) is 5.41 Å². The van der Waals surface area contributed by atoms with E-state index in [1.54, 1.807) is 6.92 Å². The van der Waals surface area contributed by atoms with E-state index in [0.29, 0.717) is 6.42 Å². The van der Waals surface area contributed by atoms with Crippen molar-refractivity contribution in [3.63, 3.8) is 0 Å². The summed E-state index contributed by atoms with van der Waals surface area (Å²) in [5.74, 6) is -1.20. The number of rotatable bonds is 4. The van der Waals surface area contributed by atoms with E-state index < -0.39 is 34.6 Å². The summed E-state index contributed by atoms with van der Waals surface area (Å²) in [6.45, 7) is 5.62. The summed E-state index contributed by atoms with van der Waals surface area (Å²) in [6, 6.07) is -0.845. The van der Waals surface area contributed by atoms with Crippen molar-refractivity contribution in [1.82, 2.24) is 5.32 Å². The Hall–Kier alpha value is -0.320. The Bertz CT molecular complexity index is 427. The smallest absolute Gasteiger partial charge is 0.846 e. The van der Waals surface area contributed by atoms with Gasteiger partial charge >= 0.3 is 29.6 Å². The fourth-order valence-electron chi connectivity index (χ4n) is 2.30. The maximum atomic E-state index is 11.9. The second kappa shape index (κ2) is 10.4. The fourth-order valence-corrected chi connectivity index (χ4v) is 2.30. The van der Waals surface area contributed by atoms with Crippen molar-refractivity contribution in [2.24, 2.45) is 16.3 Å². The number of nitrogens with one attached hydrogen (secondary N) is 1. The van der Waals surface area contributed by atoms with Gasteiger partial charge in [-0.2, -0.15) is 4.21 Å². The molecule has 2 unspecified atom stereocenters. The topological polar surface area (TPSA) is 139 Å². The first-order chi connectivity index (χ1) is 9.22. The molecule has 0 fully saturated rings. The molecule has 0 aromatic rings. The van der Waals surface area contributed by atoms with Crippen LogP contribution in [0.4, 0.5) is 0 Å². The molecule has 0 radical (unpaired) electrons. The molecular weight excluding hydrogens is 311 g/mol. The van der Waals surface area contributed by atoms with Gasteiger partial charge in [0.2, 0.25) is 5.91 Å². The second-order valence-corrected chi connectivity index (χ2v) is 4.88. The van der Waals surface area contributed by atoms with Crippen LogP contribution in [0.25, 0.3) is 0 Å². The summed E-state index contributed by atoms with van der Waals surface area (Å²) in [7, 11) is 0. The molecule has 0 aromatic carbocycles. The molecule has 0 saturated heterocycles. The normalized spacial score (nSPS) is 22.5. The summed E-state index contributed by atoms with van der Waals surface area (Å²) >= 11 is -2.61. The standard InChI is InChI=1S/C11H18N2O3.Na.H2O3S/c1-4-6-7(3)11(5-2)8(14)12-10(16)13-9(11)15;;1-4(2)3/h7H,4-6H2,1-3H3,(H2,12,13,14,15,16);;(H2,1,2,3)/q;+1;/p-1. The van der Waals surface area contributed by atoms with Crippen LogP contribution < -0.4 is 40.0 Å². The van der Waals surface area contributed by atoms with Crippen LogP contribution in [0.15, 0.2) is 4.99 Å². The first-order valence-electron chi connectivity index (χ1n) is 6.13. The third kappa shape index (κ3) is 6.13. The Morgan fingerprint density at radius 3 is 2.19 bits per heavy atom. The van der Waals surface area contributed by atoms with Crippen molar-refractivity contribution in [1.29, 1.82) is 0 Å². The molecule has 0 saturated carbocycles. The van der Waals surface area contributed by atoms with Crippen LogP contribution in [0.2, 0.25) is 0 Å². The zero-order valence-corrected chi connectivity index (χ0v) is 15.4. The summed E-state index contributed by atoms with van der Waals surface area (Å²) in [5, 5.41) is 13.1. The second-order valence-electron chi connectivity index (χ2n) is 4.42. The van der Waals surface area contributed by atoms with Gasteiger partial charge in [0.15, 0.2) is 0 Å². The van der Waals surface area contributed by atoms with Gasteiger partial charge in [-0.1, -0.05) is 27.2 Å². The molecule has 1 rings (SSSR count). The van der Waals surface area contributed by atoms with Crippen molar-refractivity contribution in [2.75, 3.05) is 0 Å². The average molecular weight is 330 g/mol. The van der Waals surface area contributed by atoms with E-state index in [4.69, 9.17) is 13.3 Å². The molecule has 2 atom stereocenters. The molecule has 1 aliphatic rings.